The Morgan fingerprint density at radius 2 is 2.09 bits per heavy atom. The van der Waals surface area contributed by atoms with Crippen LogP contribution in [0.3, 0.4) is 0 Å². The number of aryl methyl sites for hydroxylation is 1. The molecule has 126 valence electrons. The molecule has 0 aliphatic rings. The first-order valence-electron chi connectivity index (χ1n) is 8.22. The van der Waals surface area contributed by atoms with Crippen molar-refractivity contribution in [1.29, 1.82) is 0 Å². The van der Waals surface area contributed by atoms with Gasteiger partial charge in [-0.05, 0) is 26.2 Å². The number of nitrogens with one attached hydrogen (secondary N) is 1. The molecule has 0 amide bonds. The lowest BCUT2D eigenvalue weighted by atomic mass is 10.2. The molecule has 0 saturated heterocycles. The smallest absolute Gasteiger partial charge is 0.305 e. The monoisotopic (exact) mass is 320 g/mol. The van der Waals surface area contributed by atoms with E-state index in [9.17, 15) is 9.59 Å². The van der Waals surface area contributed by atoms with E-state index in [1.807, 2.05) is 4.68 Å². The number of rotatable bonds is 8. The van der Waals surface area contributed by atoms with Crippen LogP contribution in [0.1, 0.15) is 58.3 Å². The molecule has 0 aromatic carbocycles. The Kier molecular flexibility index (Phi) is 5.90. The molecule has 7 heteroatoms. The van der Waals surface area contributed by atoms with Crippen LogP contribution in [0.4, 0.5) is 0 Å². The number of ether oxygens (including phenoxy) is 1. The van der Waals surface area contributed by atoms with Crippen LogP contribution in [0.15, 0.2) is 11.0 Å². The molecule has 0 radical (unpaired) electrons. The van der Waals surface area contributed by atoms with Crippen molar-refractivity contribution >= 4 is 17.0 Å². The fraction of sp³-hybridized carbons (Fsp3) is 0.625. The van der Waals surface area contributed by atoms with Gasteiger partial charge in [0.2, 0.25) is 0 Å². The van der Waals surface area contributed by atoms with E-state index in [1.54, 1.807) is 13.1 Å². The van der Waals surface area contributed by atoms with E-state index in [2.05, 4.69) is 28.9 Å². The van der Waals surface area contributed by atoms with Crippen molar-refractivity contribution < 1.29 is 9.53 Å². The highest BCUT2D eigenvalue weighted by atomic mass is 16.5. The quantitative estimate of drug-likeness (QED) is 0.754. The Morgan fingerprint density at radius 1 is 1.35 bits per heavy atom. The van der Waals surface area contributed by atoms with E-state index in [4.69, 9.17) is 4.74 Å². The number of aromatic amines is 1. The van der Waals surface area contributed by atoms with Gasteiger partial charge in [0.25, 0.3) is 5.56 Å². The van der Waals surface area contributed by atoms with Gasteiger partial charge in [0.05, 0.1) is 18.8 Å². The van der Waals surface area contributed by atoms with Crippen LogP contribution in [0.2, 0.25) is 0 Å². The van der Waals surface area contributed by atoms with Gasteiger partial charge in [-0.15, -0.1) is 0 Å². The summed E-state index contributed by atoms with van der Waals surface area (Å²) in [6.45, 7) is 6.35. The molecular formula is C16H24N4O3. The van der Waals surface area contributed by atoms with Crippen molar-refractivity contribution in [1.82, 2.24) is 19.7 Å². The standard InChI is InChI=1S/C16H24N4O3/c1-4-11(5-2)20-15-12(10-17-20)16(22)19-13(18-15)8-7-9-14(21)23-6-3/h10-11H,4-9H2,1-3H3,(H,18,19,22). The van der Waals surface area contributed by atoms with Gasteiger partial charge in [-0.25, -0.2) is 9.67 Å². The summed E-state index contributed by atoms with van der Waals surface area (Å²) in [4.78, 5) is 30.9. The number of hydrogen-bond acceptors (Lipinski definition) is 5. The van der Waals surface area contributed by atoms with Gasteiger partial charge in [-0.2, -0.15) is 5.10 Å². The zero-order valence-electron chi connectivity index (χ0n) is 14.0. The Hall–Kier alpha value is -2.18. The van der Waals surface area contributed by atoms with E-state index >= 15 is 0 Å². The predicted octanol–water partition coefficient (Wildman–Crippen LogP) is 2.37. The van der Waals surface area contributed by atoms with Gasteiger partial charge >= 0.3 is 5.97 Å². The normalized spacial score (nSPS) is 11.3. The highest BCUT2D eigenvalue weighted by molar-refractivity contribution is 5.73. The molecule has 0 spiro atoms. The van der Waals surface area contributed by atoms with Crippen molar-refractivity contribution in [2.24, 2.45) is 0 Å². The van der Waals surface area contributed by atoms with Crippen LogP contribution in [0, 0.1) is 0 Å². The van der Waals surface area contributed by atoms with Gasteiger partial charge < -0.3 is 9.72 Å². The van der Waals surface area contributed by atoms with Crippen LogP contribution >= 0.6 is 0 Å². The molecule has 2 aromatic heterocycles. The Morgan fingerprint density at radius 3 is 2.74 bits per heavy atom. The summed E-state index contributed by atoms with van der Waals surface area (Å²) >= 11 is 0. The molecule has 2 rings (SSSR count). The lowest BCUT2D eigenvalue weighted by Crippen LogP contribution is -2.15. The van der Waals surface area contributed by atoms with Gasteiger partial charge in [0.15, 0.2) is 5.65 Å². The van der Waals surface area contributed by atoms with E-state index in [1.165, 1.54) is 0 Å². The minimum absolute atomic E-state index is 0.182. The highest BCUT2D eigenvalue weighted by Gasteiger charge is 2.15. The second-order valence-electron chi connectivity index (χ2n) is 5.47. The summed E-state index contributed by atoms with van der Waals surface area (Å²) in [5.74, 6) is 0.359. The zero-order valence-corrected chi connectivity index (χ0v) is 14.0. The maximum Gasteiger partial charge on any atom is 0.305 e. The minimum atomic E-state index is -0.224. The van der Waals surface area contributed by atoms with Crippen LogP contribution in [0.5, 0.6) is 0 Å². The van der Waals surface area contributed by atoms with Crippen LogP contribution in [-0.4, -0.2) is 32.3 Å². The number of fused-ring (bicyclic) bond motifs is 1. The summed E-state index contributed by atoms with van der Waals surface area (Å²) < 4.78 is 6.73. The minimum Gasteiger partial charge on any atom is -0.466 e. The number of nitrogens with zero attached hydrogens (tertiary/aromatic N) is 3. The molecule has 0 aliphatic carbocycles. The molecule has 0 unspecified atom stereocenters. The fourth-order valence-electron chi connectivity index (χ4n) is 2.64. The third-order valence-electron chi connectivity index (χ3n) is 3.90. The third kappa shape index (κ3) is 3.97. The second kappa shape index (κ2) is 7.89. The first kappa shape index (κ1) is 17.2. The van der Waals surface area contributed by atoms with Gasteiger partial charge in [-0.1, -0.05) is 13.8 Å². The molecule has 0 saturated carbocycles. The Balaban J connectivity index is 2.20. The average Bonchev–Trinajstić information content (AvgIpc) is 2.93. The molecule has 0 bridgehead atoms. The summed E-state index contributed by atoms with van der Waals surface area (Å²) in [7, 11) is 0. The lowest BCUT2D eigenvalue weighted by molar-refractivity contribution is -0.143. The van der Waals surface area contributed by atoms with Crippen molar-refractivity contribution in [3.8, 4) is 0 Å². The summed E-state index contributed by atoms with van der Waals surface area (Å²) in [6, 6.07) is 0.231. The maximum atomic E-state index is 12.2. The third-order valence-corrected chi connectivity index (χ3v) is 3.90. The molecular weight excluding hydrogens is 296 g/mol. The second-order valence-corrected chi connectivity index (χ2v) is 5.47. The predicted molar refractivity (Wildman–Crippen MR) is 87.3 cm³/mol. The van der Waals surface area contributed by atoms with Crippen LogP contribution in [0.25, 0.3) is 11.0 Å². The van der Waals surface area contributed by atoms with Gasteiger partial charge in [-0.3, -0.25) is 9.59 Å². The number of aromatic nitrogens is 4. The summed E-state index contributed by atoms with van der Waals surface area (Å²) in [5.41, 5.74) is 0.437. The number of hydrogen-bond donors (Lipinski definition) is 1. The van der Waals surface area contributed by atoms with E-state index in [0.29, 0.717) is 42.7 Å². The van der Waals surface area contributed by atoms with E-state index < -0.39 is 0 Å². The molecule has 0 aliphatic heterocycles. The average molecular weight is 320 g/mol. The molecule has 0 fully saturated rings. The first-order chi connectivity index (χ1) is 11.1. The van der Waals surface area contributed by atoms with Crippen LogP contribution in [-0.2, 0) is 16.0 Å². The molecule has 2 aromatic rings. The highest BCUT2D eigenvalue weighted by Crippen LogP contribution is 2.19. The fourth-order valence-corrected chi connectivity index (χ4v) is 2.64. The van der Waals surface area contributed by atoms with Crippen molar-refractivity contribution in [2.75, 3.05) is 6.61 Å². The molecule has 1 N–H and O–H groups in total. The molecule has 0 atom stereocenters. The summed E-state index contributed by atoms with van der Waals surface area (Å²) in [5, 5.41) is 4.84. The molecule has 7 nitrogen and oxygen atoms in total. The number of esters is 1. The van der Waals surface area contributed by atoms with Gasteiger partial charge in [0.1, 0.15) is 11.2 Å². The topological polar surface area (TPSA) is 89.9 Å². The van der Waals surface area contributed by atoms with Crippen molar-refractivity contribution in [3.05, 3.63) is 22.4 Å². The Bertz CT molecular complexity index is 716. The molecule has 2 heterocycles. The van der Waals surface area contributed by atoms with Crippen molar-refractivity contribution in [3.63, 3.8) is 0 Å². The van der Waals surface area contributed by atoms with Crippen molar-refractivity contribution in [2.45, 2.75) is 58.9 Å². The maximum absolute atomic E-state index is 12.2. The van der Waals surface area contributed by atoms with E-state index in [0.717, 1.165) is 12.8 Å². The van der Waals surface area contributed by atoms with Crippen LogP contribution < -0.4 is 5.56 Å². The van der Waals surface area contributed by atoms with Gasteiger partial charge in [0, 0.05) is 12.8 Å². The number of carbonyl (C=O) groups is 1. The molecule has 23 heavy (non-hydrogen) atoms. The van der Waals surface area contributed by atoms with E-state index in [-0.39, 0.29) is 17.6 Å². The zero-order chi connectivity index (χ0) is 16.8. The first-order valence-corrected chi connectivity index (χ1v) is 8.22. The number of H-pyrrole nitrogens is 1. The Labute approximate surface area is 135 Å². The SMILES string of the molecule is CCOC(=O)CCCc1nc2c(cnn2C(CC)CC)c(=O)[nH]1. The largest absolute Gasteiger partial charge is 0.466 e. The lowest BCUT2D eigenvalue weighted by Gasteiger charge is -2.13. The summed E-state index contributed by atoms with van der Waals surface area (Å²) in [6.07, 6.45) is 4.87. The number of carbonyl (C=O) groups excluding carboxylic acids is 1.